The van der Waals surface area contributed by atoms with Gasteiger partial charge in [0.1, 0.15) is 0 Å². The lowest BCUT2D eigenvalue weighted by molar-refractivity contribution is 0.392. The first-order chi connectivity index (χ1) is 9.43. The lowest BCUT2D eigenvalue weighted by Crippen LogP contribution is -2.30. The summed E-state index contributed by atoms with van der Waals surface area (Å²) in [6.45, 7) is 1.80. The SMILES string of the molecule is CC(c1ccccn1)N(C)S(=O)(=O)c1cccc(Cl)c1. The molecule has 0 spiro atoms. The molecule has 0 saturated carbocycles. The van der Waals surface area contributed by atoms with Crippen molar-refractivity contribution in [2.75, 3.05) is 7.05 Å². The van der Waals surface area contributed by atoms with Crippen LogP contribution in [0.25, 0.3) is 0 Å². The molecule has 2 aromatic rings. The first-order valence-corrected chi connectivity index (χ1v) is 7.89. The van der Waals surface area contributed by atoms with Crippen LogP contribution < -0.4 is 0 Å². The predicted molar refractivity (Wildman–Crippen MR) is 79.1 cm³/mol. The van der Waals surface area contributed by atoms with Gasteiger partial charge in [0.05, 0.1) is 16.6 Å². The minimum absolute atomic E-state index is 0.176. The zero-order valence-corrected chi connectivity index (χ0v) is 12.8. The van der Waals surface area contributed by atoms with Gasteiger partial charge in [-0.15, -0.1) is 0 Å². The molecule has 6 heteroatoms. The summed E-state index contributed by atoms with van der Waals surface area (Å²) < 4.78 is 26.4. The van der Waals surface area contributed by atoms with Gasteiger partial charge in [-0.1, -0.05) is 23.7 Å². The summed E-state index contributed by atoms with van der Waals surface area (Å²) >= 11 is 5.86. The number of hydrogen-bond acceptors (Lipinski definition) is 3. The van der Waals surface area contributed by atoms with Crippen LogP contribution in [0.15, 0.2) is 53.6 Å². The molecule has 0 aliphatic carbocycles. The Bertz CT molecular complexity index is 689. The van der Waals surface area contributed by atoms with Gasteiger partial charge in [0.2, 0.25) is 10.0 Å². The number of hydrogen-bond donors (Lipinski definition) is 0. The van der Waals surface area contributed by atoms with Gasteiger partial charge >= 0.3 is 0 Å². The molecule has 0 saturated heterocycles. The van der Waals surface area contributed by atoms with E-state index in [4.69, 9.17) is 11.6 Å². The van der Waals surface area contributed by atoms with E-state index in [0.29, 0.717) is 10.7 Å². The Labute approximate surface area is 124 Å². The Balaban J connectivity index is 2.35. The van der Waals surface area contributed by atoms with Crippen LogP contribution in [-0.4, -0.2) is 24.8 Å². The summed E-state index contributed by atoms with van der Waals surface area (Å²) in [5.41, 5.74) is 0.695. The van der Waals surface area contributed by atoms with Crippen molar-refractivity contribution in [3.05, 3.63) is 59.4 Å². The number of aromatic nitrogens is 1. The molecule has 1 atom stereocenters. The zero-order chi connectivity index (χ0) is 14.8. The Hall–Kier alpha value is -1.43. The van der Waals surface area contributed by atoms with Crippen LogP contribution in [0, 0.1) is 0 Å². The van der Waals surface area contributed by atoms with Crippen molar-refractivity contribution in [3.63, 3.8) is 0 Å². The quantitative estimate of drug-likeness (QED) is 0.872. The van der Waals surface area contributed by atoms with Gasteiger partial charge in [-0.3, -0.25) is 4.98 Å². The van der Waals surface area contributed by atoms with Crippen LogP contribution in [0.3, 0.4) is 0 Å². The molecule has 1 aromatic carbocycles. The Morgan fingerprint density at radius 1 is 1.20 bits per heavy atom. The molecule has 0 bridgehead atoms. The molecule has 0 radical (unpaired) electrons. The van der Waals surface area contributed by atoms with Crippen molar-refractivity contribution in [3.8, 4) is 0 Å². The highest BCUT2D eigenvalue weighted by atomic mass is 35.5. The van der Waals surface area contributed by atoms with E-state index in [9.17, 15) is 8.42 Å². The molecule has 1 heterocycles. The molecule has 106 valence electrons. The van der Waals surface area contributed by atoms with Gasteiger partial charge < -0.3 is 0 Å². The third kappa shape index (κ3) is 3.00. The number of halogens is 1. The molecule has 1 unspecified atom stereocenters. The molecule has 0 fully saturated rings. The maximum absolute atomic E-state index is 12.5. The van der Waals surface area contributed by atoms with E-state index >= 15 is 0 Å². The van der Waals surface area contributed by atoms with Gasteiger partial charge in [-0.2, -0.15) is 4.31 Å². The van der Waals surface area contributed by atoms with Crippen LogP contribution in [0.4, 0.5) is 0 Å². The fourth-order valence-corrected chi connectivity index (χ4v) is 3.45. The molecule has 0 aliphatic rings. The van der Waals surface area contributed by atoms with Crippen LogP contribution >= 0.6 is 11.6 Å². The fraction of sp³-hybridized carbons (Fsp3) is 0.214. The number of sulfonamides is 1. The smallest absolute Gasteiger partial charge is 0.243 e. The average Bonchev–Trinajstić information content (AvgIpc) is 2.46. The highest BCUT2D eigenvalue weighted by Crippen LogP contribution is 2.25. The van der Waals surface area contributed by atoms with Crippen molar-refractivity contribution in [1.29, 1.82) is 0 Å². The van der Waals surface area contributed by atoms with E-state index in [0.717, 1.165) is 0 Å². The summed E-state index contributed by atoms with van der Waals surface area (Å²) in [5.74, 6) is 0. The first-order valence-electron chi connectivity index (χ1n) is 6.07. The molecule has 0 aliphatic heterocycles. The second-order valence-electron chi connectivity index (χ2n) is 4.41. The minimum atomic E-state index is -3.60. The molecule has 4 nitrogen and oxygen atoms in total. The predicted octanol–water partition coefficient (Wildman–Crippen LogP) is 3.12. The largest absolute Gasteiger partial charge is 0.260 e. The standard InChI is InChI=1S/C14H15ClN2O2S/c1-11(14-8-3-4-9-16-14)17(2)20(18,19)13-7-5-6-12(15)10-13/h3-11H,1-2H3. The van der Waals surface area contributed by atoms with Gasteiger partial charge in [-0.25, -0.2) is 8.42 Å². The maximum Gasteiger partial charge on any atom is 0.243 e. The van der Waals surface area contributed by atoms with E-state index in [1.807, 2.05) is 6.07 Å². The molecule has 0 N–H and O–H groups in total. The summed E-state index contributed by atoms with van der Waals surface area (Å²) in [5, 5.41) is 0.393. The minimum Gasteiger partial charge on any atom is -0.260 e. The summed E-state index contributed by atoms with van der Waals surface area (Å²) in [7, 11) is -2.06. The van der Waals surface area contributed by atoms with Crippen molar-refractivity contribution in [1.82, 2.24) is 9.29 Å². The highest BCUT2D eigenvalue weighted by molar-refractivity contribution is 7.89. The number of nitrogens with zero attached hydrogens (tertiary/aromatic N) is 2. The average molecular weight is 311 g/mol. The van der Waals surface area contributed by atoms with E-state index in [1.165, 1.54) is 23.5 Å². The van der Waals surface area contributed by atoms with Gasteiger partial charge in [-0.05, 0) is 37.3 Å². The first kappa shape index (κ1) is 15.0. The topological polar surface area (TPSA) is 50.3 Å². The molecule has 0 amide bonds. The molecule has 2 rings (SSSR count). The van der Waals surface area contributed by atoms with Gasteiger partial charge in [0, 0.05) is 18.3 Å². The molecule has 1 aromatic heterocycles. The summed E-state index contributed by atoms with van der Waals surface area (Å²) in [4.78, 5) is 4.37. The van der Waals surface area contributed by atoms with Crippen LogP contribution in [0.2, 0.25) is 5.02 Å². The third-order valence-corrected chi connectivity index (χ3v) is 5.29. The van der Waals surface area contributed by atoms with Crippen LogP contribution in [0.5, 0.6) is 0 Å². The van der Waals surface area contributed by atoms with Crippen molar-refractivity contribution in [2.45, 2.75) is 17.9 Å². The highest BCUT2D eigenvalue weighted by Gasteiger charge is 2.26. The van der Waals surface area contributed by atoms with Gasteiger partial charge in [0.15, 0.2) is 0 Å². The Morgan fingerprint density at radius 2 is 1.95 bits per heavy atom. The van der Waals surface area contributed by atoms with E-state index in [1.54, 1.807) is 37.4 Å². The zero-order valence-electron chi connectivity index (χ0n) is 11.2. The van der Waals surface area contributed by atoms with Crippen molar-refractivity contribution < 1.29 is 8.42 Å². The van der Waals surface area contributed by atoms with Crippen molar-refractivity contribution in [2.24, 2.45) is 0 Å². The van der Waals surface area contributed by atoms with Gasteiger partial charge in [0.25, 0.3) is 0 Å². The number of rotatable bonds is 4. The Morgan fingerprint density at radius 3 is 2.55 bits per heavy atom. The second kappa shape index (κ2) is 5.91. The fourth-order valence-electron chi connectivity index (χ4n) is 1.81. The van der Waals surface area contributed by atoms with E-state index in [2.05, 4.69) is 4.98 Å². The van der Waals surface area contributed by atoms with Crippen molar-refractivity contribution >= 4 is 21.6 Å². The van der Waals surface area contributed by atoms with Crippen LogP contribution in [-0.2, 0) is 10.0 Å². The summed E-state index contributed by atoms with van der Waals surface area (Å²) in [6, 6.07) is 11.3. The molecule has 20 heavy (non-hydrogen) atoms. The normalized spacial score (nSPS) is 13.4. The van der Waals surface area contributed by atoms with E-state index < -0.39 is 10.0 Å². The molecular formula is C14H15ClN2O2S. The summed E-state index contributed by atoms with van der Waals surface area (Å²) in [6.07, 6.45) is 1.64. The van der Waals surface area contributed by atoms with E-state index in [-0.39, 0.29) is 10.9 Å². The number of pyridine rings is 1. The lowest BCUT2D eigenvalue weighted by Gasteiger charge is -2.23. The third-order valence-electron chi connectivity index (χ3n) is 3.13. The van der Waals surface area contributed by atoms with Crippen LogP contribution in [0.1, 0.15) is 18.7 Å². The Kier molecular flexibility index (Phi) is 4.42. The molecular weight excluding hydrogens is 296 g/mol. The number of benzene rings is 1. The lowest BCUT2D eigenvalue weighted by atomic mass is 10.2. The maximum atomic E-state index is 12.5. The second-order valence-corrected chi connectivity index (χ2v) is 6.84. The monoisotopic (exact) mass is 310 g/mol.